The van der Waals surface area contributed by atoms with Crippen LogP contribution in [0.25, 0.3) is 0 Å². The van der Waals surface area contributed by atoms with Crippen LogP contribution in [0.3, 0.4) is 0 Å². The van der Waals surface area contributed by atoms with Crippen LogP contribution >= 0.6 is 0 Å². The summed E-state index contributed by atoms with van der Waals surface area (Å²) in [5.41, 5.74) is 0. The lowest BCUT2D eigenvalue weighted by Crippen LogP contribution is -1.59. The van der Waals surface area contributed by atoms with Gasteiger partial charge in [0.25, 0.3) is 0 Å². The van der Waals surface area contributed by atoms with Crippen LogP contribution in [-0.4, -0.2) is 10.5 Å². The van der Waals surface area contributed by atoms with Gasteiger partial charge in [0, 0.05) is 0 Å². The molecular formula is C8H12OSi. The minimum absolute atomic E-state index is 0.772. The van der Waals surface area contributed by atoms with Crippen molar-refractivity contribution in [1.82, 2.24) is 0 Å². The molecule has 1 rings (SSSR count). The minimum atomic E-state index is 0.772. The summed E-state index contributed by atoms with van der Waals surface area (Å²) in [7, 11) is 0.772. The van der Waals surface area contributed by atoms with Crippen molar-refractivity contribution in [2.45, 2.75) is 0 Å². The Labute approximate surface area is 64.9 Å². The van der Waals surface area contributed by atoms with Crippen molar-refractivity contribution in [2.24, 2.45) is 0 Å². The topological polar surface area (TPSA) is 9.23 Å². The van der Waals surface area contributed by atoms with E-state index in [-0.39, 0.29) is 0 Å². The summed E-state index contributed by atoms with van der Waals surface area (Å²) in [6.07, 6.45) is 1.44. The third kappa shape index (κ3) is 6.98. The first-order valence-corrected chi connectivity index (χ1v) is 3.87. The first-order valence-electron chi connectivity index (χ1n) is 3.05. The van der Waals surface area contributed by atoms with E-state index in [1.165, 1.54) is 6.26 Å². The summed E-state index contributed by atoms with van der Waals surface area (Å²) in [6, 6.07) is 12.0. The van der Waals surface area contributed by atoms with E-state index in [0.29, 0.717) is 0 Å². The molecule has 0 aliphatic heterocycles. The molecule has 0 bridgehead atoms. The Balaban J connectivity index is 0.000000180. The molecule has 1 aromatic rings. The highest BCUT2D eigenvalue weighted by Gasteiger charge is 1.57. The first-order chi connectivity index (χ1) is 4.91. The molecule has 0 atom stereocenters. The van der Waals surface area contributed by atoms with Crippen LogP contribution in [0.5, 0.6) is 0 Å². The van der Waals surface area contributed by atoms with Crippen molar-refractivity contribution in [2.75, 3.05) is 0 Å². The molecule has 0 fully saturated rings. The highest BCUT2D eigenvalue weighted by atomic mass is 28.2. The summed E-state index contributed by atoms with van der Waals surface area (Å²) >= 11 is 0. The molecule has 0 aliphatic carbocycles. The second kappa shape index (κ2) is 7.98. The highest BCUT2D eigenvalue weighted by molar-refractivity contribution is 5.98. The van der Waals surface area contributed by atoms with Gasteiger partial charge < -0.3 is 4.43 Å². The smallest absolute Gasteiger partial charge is 0.203 e. The normalized spacial score (nSPS) is 7.20. The fraction of sp³-hybridized carbons (Fsp3) is 0. The summed E-state index contributed by atoms with van der Waals surface area (Å²) in [6.45, 7) is 3.29. The van der Waals surface area contributed by atoms with E-state index in [0.717, 1.165) is 10.5 Å². The van der Waals surface area contributed by atoms with Gasteiger partial charge in [0.05, 0.1) is 6.26 Å². The Hall–Kier alpha value is -1.02. The number of rotatable bonds is 1. The Kier molecular flexibility index (Phi) is 7.16. The van der Waals surface area contributed by atoms with Crippen LogP contribution in [0.4, 0.5) is 0 Å². The van der Waals surface area contributed by atoms with Gasteiger partial charge in [0.15, 0.2) is 0 Å². The van der Waals surface area contributed by atoms with Crippen molar-refractivity contribution in [3.8, 4) is 0 Å². The molecule has 1 aromatic carbocycles. The molecule has 0 spiro atoms. The molecule has 54 valence electrons. The van der Waals surface area contributed by atoms with E-state index in [4.69, 9.17) is 0 Å². The first kappa shape index (κ1) is 8.98. The summed E-state index contributed by atoms with van der Waals surface area (Å²) in [5.74, 6) is 0. The standard InChI is InChI=1S/C6H6.C2H6OSi/c1-2-4-6-5-3-1;1-2-3-4/h1-6H;2H,1H2,4H3. The highest BCUT2D eigenvalue weighted by Crippen LogP contribution is 1.79. The molecule has 1 nitrogen and oxygen atoms in total. The van der Waals surface area contributed by atoms with Gasteiger partial charge in [-0.2, -0.15) is 0 Å². The maximum atomic E-state index is 4.44. The Bertz CT molecular complexity index is 124. The maximum Gasteiger partial charge on any atom is 0.203 e. The average Bonchev–Trinajstić information content (AvgIpc) is 2.08. The molecule has 0 aromatic heterocycles. The van der Waals surface area contributed by atoms with Crippen molar-refractivity contribution in [1.29, 1.82) is 0 Å². The molecule has 0 aliphatic rings. The lowest BCUT2D eigenvalue weighted by atomic mass is 10.4. The lowest BCUT2D eigenvalue weighted by molar-refractivity contribution is 0.537. The third-order valence-electron chi connectivity index (χ3n) is 0.833. The molecule has 0 saturated heterocycles. The van der Waals surface area contributed by atoms with Gasteiger partial charge in [0.2, 0.25) is 10.5 Å². The van der Waals surface area contributed by atoms with E-state index < -0.39 is 0 Å². The Morgan fingerprint density at radius 1 is 1.00 bits per heavy atom. The van der Waals surface area contributed by atoms with Gasteiger partial charge >= 0.3 is 0 Å². The molecule has 2 heteroatoms. The fourth-order valence-corrected chi connectivity index (χ4v) is 0.385. The molecule has 0 N–H and O–H groups in total. The van der Waals surface area contributed by atoms with Crippen LogP contribution in [0.15, 0.2) is 49.2 Å². The van der Waals surface area contributed by atoms with E-state index in [1.807, 2.05) is 36.4 Å². The second-order valence-corrected chi connectivity index (χ2v) is 2.03. The van der Waals surface area contributed by atoms with Crippen LogP contribution < -0.4 is 0 Å². The van der Waals surface area contributed by atoms with Gasteiger partial charge in [-0.25, -0.2) is 0 Å². The molecule has 0 unspecified atom stereocenters. The SMILES string of the molecule is C=CO[SiH3].c1ccccc1. The fourth-order valence-electron chi connectivity index (χ4n) is 0.385. The predicted octanol–water partition coefficient (Wildman–Crippen LogP) is 1.11. The Morgan fingerprint density at radius 3 is 1.30 bits per heavy atom. The summed E-state index contributed by atoms with van der Waals surface area (Å²) < 4.78 is 4.44. The van der Waals surface area contributed by atoms with Gasteiger partial charge in [-0.15, -0.1) is 0 Å². The largest absolute Gasteiger partial charge is 0.559 e. The van der Waals surface area contributed by atoms with Crippen molar-refractivity contribution in [3.05, 3.63) is 49.2 Å². The molecule has 0 amide bonds. The van der Waals surface area contributed by atoms with Gasteiger partial charge in [-0.3, -0.25) is 0 Å². The zero-order chi connectivity index (χ0) is 7.66. The third-order valence-corrected chi connectivity index (χ3v) is 1.17. The van der Waals surface area contributed by atoms with E-state index in [2.05, 4.69) is 11.0 Å². The van der Waals surface area contributed by atoms with Crippen molar-refractivity contribution < 1.29 is 4.43 Å². The van der Waals surface area contributed by atoms with Crippen molar-refractivity contribution in [3.63, 3.8) is 0 Å². The van der Waals surface area contributed by atoms with Crippen LogP contribution in [0.2, 0.25) is 0 Å². The molecule has 0 heterocycles. The average molecular weight is 152 g/mol. The van der Waals surface area contributed by atoms with Crippen LogP contribution in [0, 0.1) is 0 Å². The zero-order valence-electron chi connectivity index (χ0n) is 6.16. The number of hydrogen-bond donors (Lipinski definition) is 0. The van der Waals surface area contributed by atoms with Crippen LogP contribution in [-0.2, 0) is 4.43 Å². The quantitative estimate of drug-likeness (QED) is 0.433. The van der Waals surface area contributed by atoms with Gasteiger partial charge in [-0.1, -0.05) is 43.0 Å². The minimum Gasteiger partial charge on any atom is -0.559 e. The van der Waals surface area contributed by atoms with Gasteiger partial charge in [-0.05, 0) is 0 Å². The Morgan fingerprint density at radius 2 is 1.20 bits per heavy atom. The second-order valence-electron chi connectivity index (χ2n) is 1.56. The van der Waals surface area contributed by atoms with E-state index >= 15 is 0 Å². The van der Waals surface area contributed by atoms with E-state index in [1.54, 1.807) is 0 Å². The zero-order valence-corrected chi connectivity index (χ0v) is 8.16. The molecule has 10 heavy (non-hydrogen) atoms. The van der Waals surface area contributed by atoms with E-state index in [9.17, 15) is 0 Å². The van der Waals surface area contributed by atoms with Crippen molar-refractivity contribution >= 4 is 10.5 Å². The maximum absolute atomic E-state index is 4.44. The van der Waals surface area contributed by atoms with Crippen LogP contribution in [0.1, 0.15) is 0 Å². The molecular weight excluding hydrogens is 140 g/mol. The number of hydrogen-bond acceptors (Lipinski definition) is 1. The molecule has 0 saturated carbocycles. The molecule has 0 radical (unpaired) electrons. The lowest BCUT2D eigenvalue weighted by Gasteiger charge is -1.74. The van der Waals surface area contributed by atoms with Gasteiger partial charge in [0.1, 0.15) is 0 Å². The monoisotopic (exact) mass is 152 g/mol. The predicted molar refractivity (Wildman–Crippen MR) is 47.7 cm³/mol. The summed E-state index contributed by atoms with van der Waals surface area (Å²) in [4.78, 5) is 0. The number of benzene rings is 1. The summed E-state index contributed by atoms with van der Waals surface area (Å²) in [5, 5.41) is 0.